The van der Waals surface area contributed by atoms with Gasteiger partial charge in [0.05, 0.1) is 28.5 Å². The van der Waals surface area contributed by atoms with Crippen LogP contribution in [-0.2, 0) is 0 Å². The fourth-order valence-electron chi connectivity index (χ4n) is 7.01. The molecular formula is C33H30F2N8. The van der Waals surface area contributed by atoms with Crippen molar-refractivity contribution in [1.82, 2.24) is 34.7 Å². The Morgan fingerprint density at radius 2 is 1.77 bits per heavy atom. The van der Waals surface area contributed by atoms with Crippen molar-refractivity contribution in [1.29, 1.82) is 0 Å². The summed E-state index contributed by atoms with van der Waals surface area (Å²) in [7, 11) is 0. The third-order valence-corrected chi connectivity index (χ3v) is 8.79. The van der Waals surface area contributed by atoms with Crippen LogP contribution in [0.2, 0.25) is 0 Å². The van der Waals surface area contributed by atoms with Crippen molar-refractivity contribution in [2.45, 2.75) is 32.4 Å². The molecule has 2 aromatic carbocycles. The van der Waals surface area contributed by atoms with Crippen LogP contribution >= 0.6 is 0 Å². The molecule has 1 N–H and O–H groups in total. The number of pyridine rings is 1. The molecule has 0 spiro atoms. The highest BCUT2D eigenvalue weighted by molar-refractivity contribution is 6.02. The number of fused-ring (bicyclic) bond motifs is 4. The van der Waals surface area contributed by atoms with Crippen LogP contribution in [0.4, 0.5) is 14.5 Å². The van der Waals surface area contributed by atoms with Gasteiger partial charge in [0.1, 0.15) is 17.3 Å². The second kappa shape index (κ2) is 9.95. The van der Waals surface area contributed by atoms with Crippen LogP contribution in [0.25, 0.3) is 50.2 Å². The minimum atomic E-state index is -0.622. The maximum Gasteiger partial charge on any atom is 0.164 e. The number of H-pyrrole nitrogens is 1. The van der Waals surface area contributed by atoms with Crippen LogP contribution in [-0.4, -0.2) is 66.4 Å². The summed E-state index contributed by atoms with van der Waals surface area (Å²) in [6.45, 7) is 7.22. The smallest absolute Gasteiger partial charge is 0.164 e. The average molecular weight is 577 g/mol. The molecule has 216 valence electrons. The maximum atomic E-state index is 16.0. The highest BCUT2D eigenvalue weighted by Gasteiger charge is 2.43. The number of anilines is 1. The number of likely N-dealkylation sites (tertiary alicyclic amines) is 1. The van der Waals surface area contributed by atoms with Crippen molar-refractivity contribution in [2.24, 2.45) is 5.92 Å². The van der Waals surface area contributed by atoms with E-state index in [-0.39, 0.29) is 11.6 Å². The molecule has 0 saturated carbocycles. The first-order chi connectivity index (χ1) is 21.0. The third kappa shape index (κ3) is 4.19. The first-order valence-corrected chi connectivity index (χ1v) is 14.7. The summed E-state index contributed by atoms with van der Waals surface area (Å²) >= 11 is 0. The Kier molecular flexibility index (Phi) is 6.01. The zero-order valence-corrected chi connectivity index (χ0v) is 23.9. The number of halogens is 2. The van der Waals surface area contributed by atoms with Crippen LogP contribution in [0.15, 0.2) is 73.3 Å². The number of benzene rings is 2. The molecule has 43 heavy (non-hydrogen) atoms. The molecule has 4 aromatic heterocycles. The maximum absolute atomic E-state index is 16.0. The van der Waals surface area contributed by atoms with E-state index in [2.05, 4.69) is 43.8 Å². The fourth-order valence-corrected chi connectivity index (χ4v) is 7.01. The molecule has 6 aromatic rings. The molecule has 6 heterocycles. The molecule has 2 atom stereocenters. The van der Waals surface area contributed by atoms with E-state index < -0.39 is 11.6 Å². The standard InChI is InChI=1S/C33H30F2N8/c1-19(2)16-41-17-23-12-22(41)18-42(23)21-13-26(34)31(27(35)14-21)29-8-11-37-33-30(24-4-3-5-28-25(24)15-38-39-28)32(40-43(29)33)20-6-9-36-10-7-20/h3-11,13-15,19,22-23H,12,16-18H2,1-2H3,(H,38,39)/t22-,23+/m1/s1. The third-order valence-electron chi connectivity index (χ3n) is 8.79. The van der Waals surface area contributed by atoms with Gasteiger partial charge in [-0.15, -0.1) is 0 Å². The Balaban J connectivity index is 1.25. The van der Waals surface area contributed by atoms with E-state index in [0.717, 1.165) is 53.6 Å². The lowest BCUT2D eigenvalue weighted by Crippen LogP contribution is -2.47. The van der Waals surface area contributed by atoms with E-state index in [1.165, 1.54) is 12.1 Å². The van der Waals surface area contributed by atoms with Crippen molar-refractivity contribution >= 4 is 22.2 Å². The van der Waals surface area contributed by atoms with Gasteiger partial charge in [-0.3, -0.25) is 15.0 Å². The molecule has 0 unspecified atom stereocenters. The predicted octanol–water partition coefficient (Wildman–Crippen LogP) is 6.20. The normalized spacial score (nSPS) is 18.6. The van der Waals surface area contributed by atoms with Crippen molar-refractivity contribution in [2.75, 3.05) is 24.5 Å². The van der Waals surface area contributed by atoms with Gasteiger partial charge in [-0.1, -0.05) is 26.0 Å². The van der Waals surface area contributed by atoms with Gasteiger partial charge in [-0.25, -0.2) is 18.3 Å². The zero-order valence-electron chi connectivity index (χ0n) is 23.9. The lowest BCUT2D eigenvalue weighted by atomic mass is 9.99. The number of hydrogen-bond acceptors (Lipinski definition) is 6. The topological polar surface area (TPSA) is 78.2 Å². The summed E-state index contributed by atoms with van der Waals surface area (Å²) in [6.07, 6.45) is 7.76. The zero-order chi connectivity index (χ0) is 29.2. The molecule has 0 aliphatic carbocycles. The van der Waals surface area contributed by atoms with Gasteiger partial charge >= 0.3 is 0 Å². The highest BCUT2D eigenvalue weighted by Crippen LogP contribution is 2.41. The minimum Gasteiger partial charge on any atom is -0.365 e. The summed E-state index contributed by atoms with van der Waals surface area (Å²) in [5.74, 6) is -0.652. The number of nitrogens with one attached hydrogen (secondary N) is 1. The van der Waals surface area contributed by atoms with E-state index in [0.29, 0.717) is 34.7 Å². The number of piperazine rings is 1. The molecule has 0 amide bonds. The molecule has 2 aliphatic heterocycles. The van der Waals surface area contributed by atoms with Gasteiger partial charge in [0, 0.05) is 66.9 Å². The minimum absolute atomic E-state index is 0.126. The summed E-state index contributed by atoms with van der Waals surface area (Å²) in [6, 6.07) is 14.8. The van der Waals surface area contributed by atoms with Crippen LogP contribution < -0.4 is 4.90 Å². The number of nitrogens with zero attached hydrogens (tertiary/aromatic N) is 7. The average Bonchev–Trinajstić information content (AvgIpc) is 3.79. The van der Waals surface area contributed by atoms with Gasteiger partial charge in [-0.05, 0) is 54.3 Å². The molecule has 8 nitrogen and oxygen atoms in total. The first kappa shape index (κ1) is 26.0. The van der Waals surface area contributed by atoms with Crippen molar-refractivity contribution in [3.05, 3.63) is 85.0 Å². The Morgan fingerprint density at radius 1 is 0.953 bits per heavy atom. The summed E-state index contributed by atoms with van der Waals surface area (Å²) in [5, 5.41) is 13.1. The molecule has 10 heteroatoms. The summed E-state index contributed by atoms with van der Waals surface area (Å²) in [4.78, 5) is 13.5. The van der Waals surface area contributed by atoms with Gasteiger partial charge in [-0.2, -0.15) is 10.2 Å². The fraction of sp³-hybridized carbons (Fsp3) is 0.273. The SMILES string of the molecule is CC(C)CN1C[C@@H]2C[C@@H]1CN2c1cc(F)c(-c2ccnc3c(-c4cccc5[nH]ncc45)c(-c4ccncc4)nn23)c(F)c1. The quantitative estimate of drug-likeness (QED) is 0.255. The van der Waals surface area contributed by atoms with E-state index in [1.54, 1.807) is 35.4 Å². The number of aromatic nitrogens is 6. The number of hydrogen-bond donors (Lipinski definition) is 1. The Labute approximate surface area is 247 Å². The van der Waals surface area contributed by atoms with Crippen molar-refractivity contribution in [3.8, 4) is 33.6 Å². The van der Waals surface area contributed by atoms with Crippen LogP contribution in [0.1, 0.15) is 20.3 Å². The van der Waals surface area contributed by atoms with Crippen molar-refractivity contribution in [3.63, 3.8) is 0 Å². The van der Waals surface area contributed by atoms with Gasteiger partial charge in [0.25, 0.3) is 0 Å². The molecule has 0 radical (unpaired) electrons. The molecule has 2 fully saturated rings. The van der Waals surface area contributed by atoms with Gasteiger partial charge < -0.3 is 4.90 Å². The summed E-state index contributed by atoms with van der Waals surface area (Å²) in [5.41, 5.74) is 5.16. The molecular weight excluding hydrogens is 546 g/mol. The monoisotopic (exact) mass is 576 g/mol. The van der Waals surface area contributed by atoms with Gasteiger partial charge in [0.2, 0.25) is 0 Å². The molecule has 2 aliphatic rings. The van der Waals surface area contributed by atoms with Gasteiger partial charge in [0.15, 0.2) is 5.65 Å². The highest BCUT2D eigenvalue weighted by atomic mass is 19.1. The largest absolute Gasteiger partial charge is 0.365 e. The second-order valence-electron chi connectivity index (χ2n) is 12.0. The van der Waals surface area contributed by atoms with Crippen molar-refractivity contribution < 1.29 is 8.78 Å². The lowest BCUT2D eigenvalue weighted by molar-refractivity contribution is 0.213. The Hall–Kier alpha value is -4.70. The number of rotatable bonds is 6. The van der Waals surface area contributed by atoms with E-state index in [1.807, 2.05) is 30.3 Å². The Morgan fingerprint density at radius 3 is 2.51 bits per heavy atom. The Bertz CT molecular complexity index is 1960. The van der Waals surface area contributed by atoms with Crippen LogP contribution in [0.5, 0.6) is 0 Å². The lowest BCUT2D eigenvalue weighted by Gasteiger charge is -2.36. The molecule has 2 saturated heterocycles. The van der Waals surface area contributed by atoms with E-state index in [4.69, 9.17) is 5.10 Å². The summed E-state index contributed by atoms with van der Waals surface area (Å²) < 4.78 is 33.6. The predicted molar refractivity (Wildman–Crippen MR) is 163 cm³/mol. The number of aromatic amines is 1. The van der Waals surface area contributed by atoms with E-state index >= 15 is 8.78 Å². The molecule has 2 bridgehead atoms. The second-order valence-corrected chi connectivity index (χ2v) is 12.0. The van der Waals surface area contributed by atoms with Crippen LogP contribution in [0, 0.1) is 17.6 Å². The molecule has 8 rings (SSSR count). The van der Waals surface area contributed by atoms with E-state index in [9.17, 15) is 0 Å². The van der Waals surface area contributed by atoms with Crippen LogP contribution in [0.3, 0.4) is 0 Å². The first-order valence-electron chi connectivity index (χ1n) is 14.7.